The lowest BCUT2D eigenvalue weighted by Gasteiger charge is -2.38. The molecule has 0 radical (unpaired) electrons. The summed E-state index contributed by atoms with van der Waals surface area (Å²) in [4.78, 5) is 27.1. The van der Waals surface area contributed by atoms with E-state index in [4.69, 9.17) is 4.74 Å². The number of hydrogen-bond donors (Lipinski definition) is 0. The number of hydrogen-bond acceptors (Lipinski definition) is 3. The van der Waals surface area contributed by atoms with Crippen LogP contribution in [0, 0.1) is 0 Å². The number of fused-ring (bicyclic) bond motifs is 1. The summed E-state index contributed by atoms with van der Waals surface area (Å²) in [5, 5.41) is 0. The molecule has 0 saturated carbocycles. The number of rotatable bonds is 2. The Kier molecular flexibility index (Phi) is 3.14. The van der Waals surface area contributed by atoms with Gasteiger partial charge in [0, 0.05) is 39.2 Å². The second-order valence-corrected chi connectivity index (χ2v) is 4.44. The topological polar surface area (TPSA) is 49.9 Å². The number of methoxy groups -OCH3 is 1. The zero-order chi connectivity index (χ0) is 11.7. The standard InChI is InChI=1S/C11H18N2O3/c1-8(16-2)11(15)12-5-6-13-9(7-12)3-4-10(13)14/h8-9H,3-7H2,1-2H3. The summed E-state index contributed by atoms with van der Waals surface area (Å²) >= 11 is 0. The molecule has 2 unspecified atom stereocenters. The van der Waals surface area contributed by atoms with E-state index in [1.165, 1.54) is 7.11 Å². The fourth-order valence-electron chi connectivity index (χ4n) is 2.42. The lowest BCUT2D eigenvalue weighted by Crippen LogP contribution is -2.55. The van der Waals surface area contributed by atoms with Gasteiger partial charge in [-0.3, -0.25) is 9.59 Å². The van der Waals surface area contributed by atoms with Gasteiger partial charge in [-0.25, -0.2) is 0 Å². The van der Waals surface area contributed by atoms with Crippen molar-refractivity contribution < 1.29 is 14.3 Å². The Morgan fingerprint density at radius 1 is 1.50 bits per heavy atom. The van der Waals surface area contributed by atoms with E-state index in [1.54, 1.807) is 6.92 Å². The van der Waals surface area contributed by atoms with Gasteiger partial charge in [0.2, 0.25) is 5.91 Å². The SMILES string of the molecule is COC(C)C(=O)N1CCN2C(=O)CCC2C1. The highest BCUT2D eigenvalue weighted by Gasteiger charge is 2.37. The maximum Gasteiger partial charge on any atom is 0.251 e. The van der Waals surface area contributed by atoms with Crippen LogP contribution in [-0.2, 0) is 14.3 Å². The Morgan fingerprint density at radius 3 is 2.94 bits per heavy atom. The van der Waals surface area contributed by atoms with Gasteiger partial charge in [-0.2, -0.15) is 0 Å². The average Bonchev–Trinajstić information content (AvgIpc) is 2.68. The van der Waals surface area contributed by atoms with Crippen LogP contribution >= 0.6 is 0 Å². The summed E-state index contributed by atoms with van der Waals surface area (Å²) in [6, 6.07) is 0.231. The van der Waals surface area contributed by atoms with Gasteiger partial charge in [0.15, 0.2) is 0 Å². The van der Waals surface area contributed by atoms with Crippen LogP contribution in [0.2, 0.25) is 0 Å². The van der Waals surface area contributed by atoms with E-state index in [0.29, 0.717) is 26.1 Å². The fraction of sp³-hybridized carbons (Fsp3) is 0.818. The van der Waals surface area contributed by atoms with E-state index in [9.17, 15) is 9.59 Å². The molecule has 2 aliphatic rings. The van der Waals surface area contributed by atoms with Gasteiger partial charge in [-0.15, -0.1) is 0 Å². The Hall–Kier alpha value is -1.10. The minimum absolute atomic E-state index is 0.0292. The van der Waals surface area contributed by atoms with Crippen molar-refractivity contribution in [3.63, 3.8) is 0 Å². The third-order valence-corrected chi connectivity index (χ3v) is 3.51. The maximum absolute atomic E-state index is 11.9. The molecule has 2 aliphatic heterocycles. The van der Waals surface area contributed by atoms with Crippen LogP contribution in [0.5, 0.6) is 0 Å². The van der Waals surface area contributed by atoms with Crippen molar-refractivity contribution in [3.05, 3.63) is 0 Å². The second-order valence-electron chi connectivity index (χ2n) is 4.44. The molecule has 2 atom stereocenters. The number of carbonyl (C=O) groups excluding carboxylic acids is 2. The van der Waals surface area contributed by atoms with Crippen LogP contribution in [0.15, 0.2) is 0 Å². The van der Waals surface area contributed by atoms with Crippen molar-refractivity contribution in [3.8, 4) is 0 Å². The molecule has 0 N–H and O–H groups in total. The van der Waals surface area contributed by atoms with Crippen molar-refractivity contribution in [2.24, 2.45) is 0 Å². The normalized spacial score (nSPS) is 26.9. The minimum Gasteiger partial charge on any atom is -0.372 e. The Morgan fingerprint density at radius 2 is 2.25 bits per heavy atom. The van der Waals surface area contributed by atoms with Gasteiger partial charge in [-0.1, -0.05) is 0 Å². The van der Waals surface area contributed by atoms with Crippen molar-refractivity contribution in [2.75, 3.05) is 26.7 Å². The Bertz CT molecular complexity index is 306. The summed E-state index contributed by atoms with van der Waals surface area (Å²) in [5.41, 5.74) is 0. The number of carbonyl (C=O) groups is 2. The molecule has 0 bridgehead atoms. The van der Waals surface area contributed by atoms with Gasteiger partial charge >= 0.3 is 0 Å². The Balaban J connectivity index is 1.96. The molecule has 2 rings (SSSR count). The molecule has 0 spiro atoms. The molecule has 16 heavy (non-hydrogen) atoms. The van der Waals surface area contributed by atoms with Crippen molar-refractivity contribution >= 4 is 11.8 Å². The molecular weight excluding hydrogens is 208 g/mol. The highest BCUT2D eigenvalue weighted by atomic mass is 16.5. The van der Waals surface area contributed by atoms with Gasteiger partial charge in [-0.05, 0) is 13.3 Å². The quantitative estimate of drug-likeness (QED) is 0.658. The van der Waals surface area contributed by atoms with Crippen LogP contribution in [-0.4, -0.2) is 60.5 Å². The smallest absolute Gasteiger partial charge is 0.251 e. The first-order valence-electron chi connectivity index (χ1n) is 5.74. The predicted octanol–water partition coefficient (Wildman–Crippen LogP) is -0.146. The van der Waals surface area contributed by atoms with Crippen LogP contribution in [0.4, 0.5) is 0 Å². The molecule has 5 heteroatoms. The molecule has 0 aromatic heterocycles. The molecule has 0 aromatic rings. The Labute approximate surface area is 95.3 Å². The van der Waals surface area contributed by atoms with Crippen LogP contribution in [0.25, 0.3) is 0 Å². The summed E-state index contributed by atoms with van der Waals surface area (Å²) < 4.78 is 5.03. The number of ether oxygens (including phenoxy) is 1. The van der Waals surface area contributed by atoms with Gasteiger partial charge in [0.25, 0.3) is 5.91 Å². The van der Waals surface area contributed by atoms with Gasteiger partial charge in [0.1, 0.15) is 6.10 Å². The molecule has 2 saturated heterocycles. The number of piperazine rings is 1. The van der Waals surface area contributed by atoms with Crippen molar-refractivity contribution in [1.82, 2.24) is 9.80 Å². The largest absolute Gasteiger partial charge is 0.372 e. The highest BCUT2D eigenvalue weighted by Crippen LogP contribution is 2.23. The summed E-state index contributed by atoms with van der Waals surface area (Å²) in [5.74, 6) is 0.262. The van der Waals surface area contributed by atoms with E-state index in [-0.39, 0.29) is 24.0 Å². The summed E-state index contributed by atoms with van der Waals surface area (Å²) in [6.45, 7) is 3.73. The van der Waals surface area contributed by atoms with E-state index in [0.717, 1.165) is 6.42 Å². The zero-order valence-electron chi connectivity index (χ0n) is 9.81. The van der Waals surface area contributed by atoms with E-state index in [2.05, 4.69) is 0 Å². The molecule has 2 amide bonds. The predicted molar refractivity (Wildman–Crippen MR) is 57.8 cm³/mol. The van der Waals surface area contributed by atoms with Crippen LogP contribution in [0.1, 0.15) is 19.8 Å². The molecular formula is C11H18N2O3. The lowest BCUT2D eigenvalue weighted by atomic mass is 10.1. The maximum atomic E-state index is 11.9. The summed E-state index contributed by atoms with van der Waals surface area (Å²) in [6.07, 6.45) is 1.12. The van der Waals surface area contributed by atoms with Crippen molar-refractivity contribution in [1.29, 1.82) is 0 Å². The van der Waals surface area contributed by atoms with Gasteiger partial charge in [0.05, 0.1) is 0 Å². The second kappa shape index (κ2) is 4.41. The third kappa shape index (κ3) is 1.91. The van der Waals surface area contributed by atoms with Crippen LogP contribution in [0.3, 0.4) is 0 Å². The first-order chi connectivity index (χ1) is 7.63. The first-order valence-corrected chi connectivity index (χ1v) is 5.74. The molecule has 5 nitrogen and oxygen atoms in total. The molecule has 2 heterocycles. The van der Waals surface area contributed by atoms with Crippen LogP contribution < -0.4 is 0 Å². The molecule has 0 aromatic carbocycles. The number of amides is 2. The van der Waals surface area contributed by atoms with E-state index >= 15 is 0 Å². The average molecular weight is 226 g/mol. The number of nitrogens with zero attached hydrogens (tertiary/aromatic N) is 2. The van der Waals surface area contributed by atoms with E-state index < -0.39 is 0 Å². The molecule has 90 valence electrons. The first kappa shape index (κ1) is 11.4. The minimum atomic E-state index is -0.386. The zero-order valence-corrected chi connectivity index (χ0v) is 9.81. The molecule has 2 fully saturated rings. The van der Waals surface area contributed by atoms with Gasteiger partial charge < -0.3 is 14.5 Å². The van der Waals surface area contributed by atoms with Crippen molar-refractivity contribution in [2.45, 2.75) is 31.9 Å². The third-order valence-electron chi connectivity index (χ3n) is 3.51. The molecule has 0 aliphatic carbocycles. The lowest BCUT2D eigenvalue weighted by molar-refractivity contribution is -0.146. The fourth-order valence-corrected chi connectivity index (χ4v) is 2.42. The summed E-state index contributed by atoms with van der Waals surface area (Å²) in [7, 11) is 1.54. The monoisotopic (exact) mass is 226 g/mol. The van der Waals surface area contributed by atoms with E-state index in [1.807, 2.05) is 9.80 Å². The highest BCUT2D eigenvalue weighted by molar-refractivity contribution is 5.82.